The molecule has 126 valence electrons. The topological polar surface area (TPSA) is 104 Å². The lowest BCUT2D eigenvalue weighted by molar-refractivity contribution is -0.129. The Hall–Kier alpha value is -2.08. The lowest BCUT2D eigenvalue weighted by Crippen LogP contribution is -2.59. The first-order chi connectivity index (χ1) is 11.5. The molecule has 0 aromatic carbocycles. The van der Waals surface area contributed by atoms with Crippen LogP contribution in [0.1, 0.15) is 42.5 Å². The number of primary amides is 1. The van der Waals surface area contributed by atoms with Crippen LogP contribution in [0.25, 0.3) is 11.0 Å². The zero-order valence-corrected chi connectivity index (χ0v) is 13.5. The van der Waals surface area contributed by atoms with Gasteiger partial charge in [-0.25, -0.2) is 4.98 Å². The highest BCUT2D eigenvalue weighted by Crippen LogP contribution is 2.56. The number of carbonyl (C=O) groups is 1. The minimum absolute atomic E-state index is 0.292. The number of amides is 1. The monoisotopic (exact) mass is 326 g/mol. The average molecular weight is 326 g/mol. The molecule has 4 fully saturated rings. The highest BCUT2D eigenvalue weighted by atomic mass is 16.3. The van der Waals surface area contributed by atoms with Crippen LogP contribution in [0.4, 0.5) is 5.69 Å². The third-order valence-electron chi connectivity index (χ3n) is 6.40. The molecule has 2 aromatic rings. The molecule has 4 bridgehead atoms. The molecule has 0 aliphatic heterocycles. The number of nitrogens with one attached hydrogen (secondary N) is 2. The van der Waals surface area contributed by atoms with Gasteiger partial charge in [0, 0.05) is 23.8 Å². The van der Waals surface area contributed by atoms with E-state index in [0.717, 1.165) is 36.0 Å². The molecule has 5 N–H and O–H groups in total. The Labute approximate surface area is 139 Å². The zero-order chi connectivity index (χ0) is 16.5. The van der Waals surface area contributed by atoms with Gasteiger partial charge in [0.1, 0.15) is 5.65 Å². The molecule has 6 heteroatoms. The SMILES string of the molecule is NC(=O)c1cnc2[nH]ccc2c1N[C@H]1[C@@H]2C[C@@H]3C[C@H]1C[C@@](O)(C3)C2. The summed E-state index contributed by atoms with van der Waals surface area (Å²) in [5.74, 6) is 1.12. The van der Waals surface area contributed by atoms with Crippen molar-refractivity contribution in [3.8, 4) is 0 Å². The van der Waals surface area contributed by atoms with Gasteiger partial charge in [-0.3, -0.25) is 4.79 Å². The molecule has 4 aliphatic carbocycles. The van der Waals surface area contributed by atoms with Gasteiger partial charge in [0.2, 0.25) is 0 Å². The quantitative estimate of drug-likeness (QED) is 0.692. The number of hydrogen-bond acceptors (Lipinski definition) is 4. The van der Waals surface area contributed by atoms with Gasteiger partial charge >= 0.3 is 0 Å². The third-order valence-corrected chi connectivity index (χ3v) is 6.40. The molecule has 2 aromatic heterocycles. The third kappa shape index (κ3) is 1.99. The molecule has 5 atom stereocenters. The van der Waals surface area contributed by atoms with Crippen molar-refractivity contribution in [1.29, 1.82) is 0 Å². The van der Waals surface area contributed by atoms with Gasteiger partial charge in [-0.2, -0.15) is 0 Å². The number of H-pyrrole nitrogens is 1. The van der Waals surface area contributed by atoms with E-state index in [9.17, 15) is 9.90 Å². The van der Waals surface area contributed by atoms with Crippen molar-refractivity contribution in [1.82, 2.24) is 9.97 Å². The van der Waals surface area contributed by atoms with E-state index in [0.29, 0.717) is 29.4 Å². The number of nitrogens with two attached hydrogens (primary N) is 1. The summed E-state index contributed by atoms with van der Waals surface area (Å²) in [6.07, 6.45) is 8.42. The predicted octanol–water partition coefficient (Wildman–Crippen LogP) is 2.01. The second kappa shape index (κ2) is 4.72. The maximum absolute atomic E-state index is 11.9. The molecule has 6 rings (SSSR count). The second-order valence-corrected chi connectivity index (χ2v) is 8.02. The van der Waals surface area contributed by atoms with E-state index in [2.05, 4.69) is 15.3 Å². The highest BCUT2D eigenvalue weighted by Gasteiger charge is 2.54. The van der Waals surface area contributed by atoms with E-state index in [1.165, 1.54) is 12.8 Å². The van der Waals surface area contributed by atoms with E-state index in [1.807, 2.05) is 12.3 Å². The molecule has 4 aliphatic rings. The minimum Gasteiger partial charge on any atom is -0.390 e. The second-order valence-electron chi connectivity index (χ2n) is 8.02. The van der Waals surface area contributed by atoms with Crippen molar-refractivity contribution in [3.63, 3.8) is 0 Å². The van der Waals surface area contributed by atoms with E-state index in [-0.39, 0.29) is 0 Å². The summed E-state index contributed by atoms with van der Waals surface area (Å²) in [4.78, 5) is 19.3. The normalized spacial score (nSPS) is 37.0. The molecule has 0 saturated heterocycles. The first-order valence-corrected chi connectivity index (χ1v) is 8.77. The van der Waals surface area contributed by atoms with Gasteiger partial charge in [0.15, 0.2) is 0 Å². The Morgan fingerprint density at radius 2 is 2.08 bits per heavy atom. The maximum Gasteiger partial charge on any atom is 0.252 e. The molecule has 4 saturated carbocycles. The number of anilines is 1. The van der Waals surface area contributed by atoms with Crippen LogP contribution in [0.2, 0.25) is 0 Å². The summed E-state index contributed by atoms with van der Waals surface area (Å²) in [5, 5.41) is 15.3. The van der Waals surface area contributed by atoms with Crippen LogP contribution in [0.15, 0.2) is 18.5 Å². The largest absolute Gasteiger partial charge is 0.390 e. The fourth-order valence-electron chi connectivity index (χ4n) is 5.73. The average Bonchev–Trinajstić information content (AvgIpc) is 2.97. The first kappa shape index (κ1) is 14.3. The molecular formula is C18H22N4O2. The number of pyridine rings is 1. The Balaban J connectivity index is 1.54. The van der Waals surface area contributed by atoms with Gasteiger partial charge in [0.25, 0.3) is 5.91 Å². The number of carbonyl (C=O) groups excluding carboxylic acids is 1. The molecule has 0 unspecified atom stereocenters. The van der Waals surface area contributed by atoms with Crippen LogP contribution in [0, 0.1) is 17.8 Å². The molecule has 0 spiro atoms. The van der Waals surface area contributed by atoms with Crippen LogP contribution >= 0.6 is 0 Å². The summed E-state index contributed by atoms with van der Waals surface area (Å²) in [6.45, 7) is 0. The van der Waals surface area contributed by atoms with Crippen LogP contribution in [-0.2, 0) is 0 Å². The zero-order valence-electron chi connectivity index (χ0n) is 13.5. The van der Waals surface area contributed by atoms with Crippen LogP contribution in [-0.4, -0.2) is 32.6 Å². The number of rotatable bonds is 3. The molecule has 2 heterocycles. The molecular weight excluding hydrogens is 304 g/mol. The summed E-state index contributed by atoms with van der Waals surface area (Å²) in [5.41, 5.74) is 7.10. The van der Waals surface area contributed by atoms with Crippen LogP contribution < -0.4 is 11.1 Å². The molecule has 24 heavy (non-hydrogen) atoms. The van der Waals surface area contributed by atoms with Crippen LogP contribution in [0.5, 0.6) is 0 Å². The highest BCUT2D eigenvalue weighted by molar-refractivity contribution is 6.06. The standard InChI is InChI=1S/C18H22N4O2/c19-16(23)13-8-21-17-12(1-2-20-17)15(13)22-14-10-3-9-4-11(14)7-18(24,5-9)6-10/h1-2,8-11,14,24H,3-7H2,(H2,19,23)(H2,20,21,22)/t9-,10-,11+,14+,18-. The minimum atomic E-state index is -0.462. The summed E-state index contributed by atoms with van der Waals surface area (Å²) >= 11 is 0. The number of aliphatic hydroxyl groups is 1. The Bertz CT molecular complexity index is 814. The van der Waals surface area contributed by atoms with Crippen molar-refractivity contribution in [2.75, 3.05) is 5.32 Å². The van der Waals surface area contributed by atoms with Gasteiger partial charge in [0.05, 0.1) is 16.9 Å². The van der Waals surface area contributed by atoms with Crippen LogP contribution in [0.3, 0.4) is 0 Å². The predicted molar refractivity (Wildman–Crippen MR) is 90.5 cm³/mol. The number of aromatic amines is 1. The summed E-state index contributed by atoms with van der Waals surface area (Å²) < 4.78 is 0. The van der Waals surface area contributed by atoms with Crippen molar-refractivity contribution < 1.29 is 9.90 Å². The van der Waals surface area contributed by atoms with Crippen molar-refractivity contribution in [3.05, 3.63) is 24.0 Å². The number of fused-ring (bicyclic) bond motifs is 1. The Morgan fingerprint density at radius 3 is 2.75 bits per heavy atom. The molecule has 0 radical (unpaired) electrons. The van der Waals surface area contributed by atoms with E-state index < -0.39 is 11.5 Å². The number of hydrogen-bond donors (Lipinski definition) is 4. The van der Waals surface area contributed by atoms with Gasteiger partial charge < -0.3 is 21.1 Å². The van der Waals surface area contributed by atoms with Crippen molar-refractivity contribution in [2.24, 2.45) is 23.5 Å². The first-order valence-electron chi connectivity index (χ1n) is 8.77. The smallest absolute Gasteiger partial charge is 0.252 e. The van der Waals surface area contributed by atoms with E-state index in [1.54, 1.807) is 6.20 Å². The van der Waals surface area contributed by atoms with Gasteiger partial charge in [-0.1, -0.05) is 0 Å². The van der Waals surface area contributed by atoms with Crippen molar-refractivity contribution in [2.45, 2.75) is 43.7 Å². The Kier molecular flexibility index (Phi) is 2.81. The summed E-state index contributed by atoms with van der Waals surface area (Å²) in [7, 11) is 0. The fraction of sp³-hybridized carbons (Fsp3) is 0.556. The summed E-state index contributed by atoms with van der Waals surface area (Å²) in [6, 6.07) is 2.22. The maximum atomic E-state index is 11.9. The Morgan fingerprint density at radius 1 is 1.33 bits per heavy atom. The number of nitrogens with zero attached hydrogens (tertiary/aromatic N) is 1. The molecule has 1 amide bonds. The fourth-order valence-corrected chi connectivity index (χ4v) is 5.73. The van der Waals surface area contributed by atoms with E-state index in [4.69, 9.17) is 5.73 Å². The van der Waals surface area contributed by atoms with Gasteiger partial charge in [-0.05, 0) is 55.9 Å². The van der Waals surface area contributed by atoms with Crippen molar-refractivity contribution >= 4 is 22.6 Å². The van der Waals surface area contributed by atoms with Gasteiger partial charge in [-0.15, -0.1) is 0 Å². The molecule has 6 nitrogen and oxygen atoms in total. The van der Waals surface area contributed by atoms with E-state index >= 15 is 0 Å². The lowest BCUT2D eigenvalue weighted by atomic mass is 9.52. The number of aromatic nitrogens is 2. The lowest BCUT2D eigenvalue weighted by Gasteiger charge is -2.58.